The van der Waals surface area contributed by atoms with E-state index in [4.69, 9.17) is 14.2 Å². The molecule has 0 aliphatic carbocycles. The third kappa shape index (κ3) is 6.59. The quantitative estimate of drug-likeness (QED) is 0.350. The van der Waals surface area contributed by atoms with E-state index in [1.807, 2.05) is 56.3 Å². The number of aryl methyl sites for hydroxylation is 1. The third-order valence-corrected chi connectivity index (χ3v) is 4.94. The maximum Gasteiger partial charge on any atom is 0.280 e. The van der Waals surface area contributed by atoms with Gasteiger partial charge in [-0.05, 0) is 62.2 Å². The van der Waals surface area contributed by atoms with Gasteiger partial charge in [-0.15, -0.1) is 0 Å². The molecule has 7 nitrogen and oxygen atoms in total. The average Bonchev–Trinajstić information content (AvgIpc) is 2.85. The average molecular weight is 458 g/mol. The molecule has 0 bridgehead atoms. The van der Waals surface area contributed by atoms with E-state index in [9.17, 15) is 10.1 Å². The normalized spacial score (nSPS) is 11.5. The Morgan fingerprint density at radius 2 is 1.82 bits per heavy atom. The first-order valence-corrected chi connectivity index (χ1v) is 10.9. The molecule has 3 rings (SSSR count). The monoisotopic (exact) mass is 457 g/mol. The molecule has 0 heterocycles. The number of hydrazone groups is 1. The molecule has 34 heavy (non-hydrogen) atoms. The van der Waals surface area contributed by atoms with Crippen molar-refractivity contribution < 1.29 is 19.0 Å². The Balaban J connectivity index is 1.62. The summed E-state index contributed by atoms with van der Waals surface area (Å²) in [7, 11) is 0. The van der Waals surface area contributed by atoms with E-state index in [0.29, 0.717) is 29.4 Å². The van der Waals surface area contributed by atoms with Gasteiger partial charge in [0.05, 0.1) is 24.5 Å². The SMILES string of the molecule is CCOc1cc(/C=N\NC(=O)C(C)Oc2ccccc2C)ccc1OCc1ccccc1C#N. The first kappa shape index (κ1) is 24.3. The summed E-state index contributed by atoms with van der Waals surface area (Å²) in [5.74, 6) is 1.39. The Labute approximate surface area is 199 Å². The second kappa shape index (κ2) is 12.1. The van der Waals surface area contributed by atoms with Gasteiger partial charge in [0.15, 0.2) is 17.6 Å². The Kier molecular flexibility index (Phi) is 8.64. The molecule has 0 radical (unpaired) electrons. The van der Waals surface area contributed by atoms with Crippen LogP contribution in [0.1, 0.15) is 36.1 Å². The molecule has 174 valence electrons. The molecule has 3 aromatic carbocycles. The summed E-state index contributed by atoms with van der Waals surface area (Å²) in [6, 6.07) is 22.3. The van der Waals surface area contributed by atoms with Crippen molar-refractivity contribution in [2.45, 2.75) is 33.5 Å². The van der Waals surface area contributed by atoms with Crippen LogP contribution in [0.15, 0.2) is 71.8 Å². The van der Waals surface area contributed by atoms with Crippen LogP contribution in [-0.4, -0.2) is 24.8 Å². The highest BCUT2D eigenvalue weighted by atomic mass is 16.5. The molecule has 0 spiro atoms. The zero-order valence-electron chi connectivity index (χ0n) is 19.4. The highest BCUT2D eigenvalue weighted by Gasteiger charge is 2.15. The Morgan fingerprint density at radius 1 is 1.06 bits per heavy atom. The van der Waals surface area contributed by atoms with Crippen molar-refractivity contribution in [2.75, 3.05) is 6.61 Å². The van der Waals surface area contributed by atoms with Gasteiger partial charge in [0.1, 0.15) is 12.4 Å². The number of nitriles is 1. The van der Waals surface area contributed by atoms with Crippen LogP contribution in [0, 0.1) is 18.3 Å². The fourth-order valence-electron chi connectivity index (χ4n) is 3.10. The van der Waals surface area contributed by atoms with E-state index < -0.39 is 6.10 Å². The van der Waals surface area contributed by atoms with Crippen LogP contribution in [0.2, 0.25) is 0 Å². The Hall–Kier alpha value is -4.31. The molecule has 1 atom stereocenters. The van der Waals surface area contributed by atoms with Crippen molar-refractivity contribution in [3.63, 3.8) is 0 Å². The van der Waals surface area contributed by atoms with Crippen LogP contribution < -0.4 is 19.6 Å². The van der Waals surface area contributed by atoms with Gasteiger partial charge in [-0.25, -0.2) is 5.43 Å². The van der Waals surface area contributed by atoms with Gasteiger partial charge in [0.25, 0.3) is 5.91 Å². The van der Waals surface area contributed by atoms with E-state index in [2.05, 4.69) is 16.6 Å². The van der Waals surface area contributed by atoms with Gasteiger partial charge in [-0.3, -0.25) is 4.79 Å². The first-order valence-electron chi connectivity index (χ1n) is 10.9. The molecule has 1 amide bonds. The van der Waals surface area contributed by atoms with Crippen molar-refractivity contribution >= 4 is 12.1 Å². The lowest BCUT2D eigenvalue weighted by molar-refractivity contribution is -0.127. The zero-order chi connectivity index (χ0) is 24.3. The van der Waals surface area contributed by atoms with Crippen molar-refractivity contribution in [1.82, 2.24) is 5.43 Å². The molecule has 0 saturated heterocycles. The van der Waals surface area contributed by atoms with Crippen LogP contribution in [0.25, 0.3) is 0 Å². The van der Waals surface area contributed by atoms with Crippen molar-refractivity contribution in [3.8, 4) is 23.3 Å². The van der Waals surface area contributed by atoms with Crippen LogP contribution in [0.3, 0.4) is 0 Å². The fraction of sp³-hybridized carbons (Fsp3) is 0.222. The highest BCUT2D eigenvalue weighted by molar-refractivity contribution is 5.85. The van der Waals surface area contributed by atoms with Crippen LogP contribution in [0.5, 0.6) is 17.2 Å². The number of ether oxygens (including phenoxy) is 3. The van der Waals surface area contributed by atoms with Gasteiger partial charge in [0, 0.05) is 5.56 Å². The summed E-state index contributed by atoms with van der Waals surface area (Å²) >= 11 is 0. The molecule has 1 unspecified atom stereocenters. The highest BCUT2D eigenvalue weighted by Crippen LogP contribution is 2.29. The topological polar surface area (TPSA) is 92.9 Å². The summed E-state index contributed by atoms with van der Waals surface area (Å²) < 4.78 is 17.3. The fourth-order valence-corrected chi connectivity index (χ4v) is 3.10. The van der Waals surface area contributed by atoms with Crippen LogP contribution in [-0.2, 0) is 11.4 Å². The lowest BCUT2D eigenvalue weighted by Gasteiger charge is -2.14. The van der Waals surface area contributed by atoms with E-state index in [-0.39, 0.29) is 12.5 Å². The predicted octanol–water partition coefficient (Wildman–Crippen LogP) is 4.76. The molecule has 0 saturated carbocycles. The Bertz CT molecular complexity index is 1200. The van der Waals surface area contributed by atoms with Gasteiger partial charge in [-0.2, -0.15) is 10.4 Å². The van der Waals surface area contributed by atoms with Gasteiger partial charge in [-0.1, -0.05) is 36.4 Å². The minimum absolute atomic E-state index is 0.242. The summed E-state index contributed by atoms with van der Waals surface area (Å²) in [4.78, 5) is 12.3. The van der Waals surface area contributed by atoms with Gasteiger partial charge < -0.3 is 14.2 Å². The largest absolute Gasteiger partial charge is 0.490 e. The van der Waals surface area contributed by atoms with E-state index >= 15 is 0 Å². The number of nitrogens with one attached hydrogen (secondary N) is 1. The smallest absolute Gasteiger partial charge is 0.280 e. The number of hydrogen-bond acceptors (Lipinski definition) is 6. The number of rotatable bonds is 10. The second-order valence-electron chi connectivity index (χ2n) is 7.46. The Morgan fingerprint density at radius 3 is 2.59 bits per heavy atom. The zero-order valence-corrected chi connectivity index (χ0v) is 19.4. The summed E-state index contributed by atoms with van der Waals surface area (Å²) in [5, 5.41) is 13.3. The van der Waals surface area contributed by atoms with Crippen molar-refractivity contribution in [3.05, 3.63) is 89.0 Å². The molecular weight excluding hydrogens is 430 g/mol. The molecule has 0 fully saturated rings. The number of hydrogen-bond donors (Lipinski definition) is 1. The van der Waals surface area contributed by atoms with E-state index in [1.165, 1.54) is 6.21 Å². The summed E-state index contributed by atoms with van der Waals surface area (Å²) in [5.41, 5.74) is 5.54. The predicted molar refractivity (Wildman–Crippen MR) is 130 cm³/mol. The van der Waals surface area contributed by atoms with E-state index in [1.54, 1.807) is 31.2 Å². The number of carbonyl (C=O) groups excluding carboxylic acids is 1. The maximum absolute atomic E-state index is 12.3. The number of carbonyl (C=O) groups is 1. The molecule has 7 heteroatoms. The van der Waals surface area contributed by atoms with Gasteiger partial charge in [0.2, 0.25) is 0 Å². The molecular formula is C27H27N3O4. The summed E-state index contributed by atoms with van der Waals surface area (Å²) in [6.07, 6.45) is 0.819. The maximum atomic E-state index is 12.3. The van der Waals surface area contributed by atoms with E-state index in [0.717, 1.165) is 16.7 Å². The number of benzene rings is 3. The lowest BCUT2D eigenvalue weighted by Crippen LogP contribution is -2.33. The minimum atomic E-state index is -0.704. The standard InChI is InChI=1S/C27H27N3O4/c1-4-32-26-15-21(13-14-25(26)33-18-23-11-7-6-10-22(23)16-28)17-29-30-27(31)20(3)34-24-12-8-5-9-19(24)2/h5-15,17,20H,4,18H2,1-3H3,(H,30,31)/b29-17-. The third-order valence-electron chi connectivity index (χ3n) is 4.94. The molecule has 3 aromatic rings. The van der Waals surface area contributed by atoms with Crippen LogP contribution >= 0.6 is 0 Å². The molecule has 0 aliphatic heterocycles. The molecule has 0 aliphatic rings. The van der Waals surface area contributed by atoms with Crippen LogP contribution in [0.4, 0.5) is 0 Å². The number of amides is 1. The second-order valence-corrected chi connectivity index (χ2v) is 7.46. The number of para-hydroxylation sites is 1. The first-order chi connectivity index (χ1) is 16.5. The minimum Gasteiger partial charge on any atom is -0.490 e. The molecule has 1 N–H and O–H groups in total. The van der Waals surface area contributed by atoms with Crippen molar-refractivity contribution in [1.29, 1.82) is 5.26 Å². The number of nitrogens with zero attached hydrogens (tertiary/aromatic N) is 2. The van der Waals surface area contributed by atoms with Gasteiger partial charge >= 0.3 is 0 Å². The summed E-state index contributed by atoms with van der Waals surface area (Å²) in [6.45, 7) is 6.17. The molecule has 0 aromatic heterocycles. The lowest BCUT2D eigenvalue weighted by atomic mass is 10.1. The van der Waals surface area contributed by atoms with Crippen molar-refractivity contribution in [2.24, 2.45) is 5.10 Å².